The zero-order valence-electron chi connectivity index (χ0n) is 23.0. The number of hydrogen-bond acceptors (Lipinski definition) is 8. The van der Waals surface area contributed by atoms with E-state index in [0.29, 0.717) is 43.1 Å². The van der Waals surface area contributed by atoms with Crippen LogP contribution >= 0.6 is 0 Å². The van der Waals surface area contributed by atoms with Gasteiger partial charge in [0.25, 0.3) is 5.89 Å². The monoisotopic (exact) mass is 536 g/mol. The van der Waals surface area contributed by atoms with Crippen LogP contribution in [-0.4, -0.2) is 64.3 Å². The lowest BCUT2D eigenvalue weighted by Crippen LogP contribution is -2.30. The average Bonchev–Trinajstić information content (AvgIpc) is 3.64. The molecule has 1 fully saturated rings. The number of amides is 1. The van der Waals surface area contributed by atoms with Gasteiger partial charge in [0, 0.05) is 42.4 Å². The lowest BCUT2D eigenvalue weighted by molar-refractivity contribution is -0.143. The van der Waals surface area contributed by atoms with Crippen LogP contribution in [0.2, 0.25) is 0 Å². The maximum absolute atomic E-state index is 11.8. The predicted octanol–water partition coefficient (Wildman–Crippen LogP) is 5.04. The van der Waals surface area contributed by atoms with E-state index in [1.54, 1.807) is 14.2 Å². The summed E-state index contributed by atoms with van der Waals surface area (Å²) in [5.41, 5.74) is 4.59. The van der Waals surface area contributed by atoms with Gasteiger partial charge in [0.1, 0.15) is 12.2 Å². The standard InChI is InChI=1S/C29H36N4O6/c1-5-19-14-21(13-18(2)27(19)38-12-8-11-33(3)25(34)17-26(35)36)28-31-29(39-32-28)22-15-23(20-9-6-7-10-20)30-24(16-22)37-4/h13-16,20H,5-12,17H2,1-4H3,(H,35,36). The van der Waals surface area contributed by atoms with Crippen molar-refractivity contribution in [2.45, 2.75) is 64.7 Å². The highest BCUT2D eigenvalue weighted by Crippen LogP contribution is 2.36. The Bertz CT molecular complexity index is 1320. The molecule has 2 aromatic heterocycles. The molecule has 39 heavy (non-hydrogen) atoms. The molecule has 4 rings (SSSR count). The van der Waals surface area contributed by atoms with E-state index in [1.165, 1.54) is 17.7 Å². The molecule has 10 heteroatoms. The Balaban J connectivity index is 1.47. The summed E-state index contributed by atoms with van der Waals surface area (Å²) in [5.74, 6) is 1.12. The highest BCUT2D eigenvalue weighted by molar-refractivity contribution is 5.93. The second kappa shape index (κ2) is 12.7. The molecular weight excluding hydrogens is 500 g/mol. The lowest BCUT2D eigenvalue weighted by Gasteiger charge is -2.18. The first-order valence-electron chi connectivity index (χ1n) is 13.4. The number of hydrogen-bond donors (Lipinski definition) is 1. The summed E-state index contributed by atoms with van der Waals surface area (Å²) in [5, 5.41) is 13.0. The van der Waals surface area contributed by atoms with E-state index in [2.05, 4.69) is 17.1 Å². The van der Waals surface area contributed by atoms with E-state index in [4.69, 9.17) is 24.1 Å². The molecule has 1 amide bonds. The van der Waals surface area contributed by atoms with Crippen molar-refractivity contribution in [1.29, 1.82) is 0 Å². The molecule has 0 radical (unpaired) electrons. The number of carbonyl (C=O) groups excluding carboxylic acids is 1. The van der Waals surface area contributed by atoms with Crippen molar-refractivity contribution in [3.63, 3.8) is 0 Å². The van der Waals surface area contributed by atoms with E-state index in [9.17, 15) is 9.59 Å². The molecule has 1 saturated carbocycles. The molecule has 0 atom stereocenters. The molecule has 10 nitrogen and oxygen atoms in total. The maximum Gasteiger partial charge on any atom is 0.312 e. The first-order chi connectivity index (χ1) is 18.8. The molecule has 1 N–H and O–H groups in total. The average molecular weight is 537 g/mol. The number of aliphatic carboxylic acids is 1. The maximum atomic E-state index is 11.8. The Labute approximate surface area is 228 Å². The Morgan fingerprint density at radius 3 is 2.59 bits per heavy atom. The minimum Gasteiger partial charge on any atom is -0.493 e. The van der Waals surface area contributed by atoms with Gasteiger partial charge in [-0.1, -0.05) is 24.9 Å². The third kappa shape index (κ3) is 6.93. The van der Waals surface area contributed by atoms with Crippen LogP contribution in [0.25, 0.3) is 22.8 Å². The molecule has 0 spiro atoms. The molecule has 0 bridgehead atoms. The van der Waals surface area contributed by atoms with Crippen molar-refractivity contribution in [2.75, 3.05) is 27.3 Å². The van der Waals surface area contributed by atoms with E-state index in [-0.39, 0.29) is 0 Å². The van der Waals surface area contributed by atoms with Crippen LogP contribution in [0.3, 0.4) is 0 Å². The van der Waals surface area contributed by atoms with Gasteiger partial charge >= 0.3 is 5.97 Å². The summed E-state index contributed by atoms with van der Waals surface area (Å²) in [6.07, 6.45) is 5.50. The molecule has 1 aromatic carbocycles. The Morgan fingerprint density at radius 2 is 1.90 bits per heavy atom. The fourth-order valence-corrected chi connectivity index (χ4v) is 4.95. The van der Waals surface area contributed by atoms with Crippen molar-refractivity contribution in [3.8, 4) is 34.5 Å². The van der Waals surface area contributed by atoms with Crippen LogP contribution in [0.5, 0.6) is 11.6 Å². The topological polar surface area (TPSA) is 128 Å². The van der Waals surface area contributed by atoms with Crippen molar-refractivity contribution in [3.05, 3.63) is 41.1 Å². The second-order valence-corrected chi connectivity index (χ2v) is 9.95. The summed E-state index contributed by atoms with van der Waals surface area (Å²) >= 11 is 0. The zero-order valence-corrected chi connectivity index (χ0v) is 23.0. The molecule has 0 unspecified atom stereocenters. The van der Waals surface area contributed by atoms with Crippen LogP contribution in [0, 0.1) is 6.92 Å². The molecule has 0 aliphatic heterocycles. The first kappa shape index (κ1) is 28.1. The van der Waals surface area contributed by atoms with E-state index < -0.39 is 18.3 Å². The lowest BCUT2D eigenvalue weighted by atomic mass is 10.0. The molecule has 2 heterocycles. The van der Waals surface area contributed by atoms with Gasteiger partial charge in [0.05, 0.1) is 13.7 Å². The number of benzene rings is 1. The van der Waals surface area contributed by atoms with Crippen molar-refractivity contribution >= 4 is 11.9 Å². The Kier molecular flexibility index (Phi) is 9.16. The number of carboxylic acid groups (broad SMARTS) is 1. The number of carboxylic acids is 1. The van der Waals surface area contributed by atoms with E-state index in [1.807, 2.05) is 31.2 Å². The molecular formula is C29H36N4O6. The molecule has 3 aromatic rings. The number of nitrogens with zero attached hydrogens (tertiary/aromatic N) is 4. The van der Waals surface area contributed by atoms with Crippen molar-refractivity contribution in [1.82, 2.24) is 20.0 Å². The van der Waals surface area contributed by atoms with Gasteiger partial charge in [-0.25, -0.2) is 4.98 Å². The van der Waals surface area contributed by atoms with Crippen LogP contribution in [0.1, 0.15) is 68.2 Å². The van der Waals surface area contributed by atoms with Gasteiger partial charge in [-0.05, 0) is 61.9 Å². The fourth-order valence-electron chi connectivity index (χ4n) is 4.95. The van der Waals surface area contributed by atoms with E-state index in [0.717, 1.165) is 53.0 Å². The minimum atomic E-state index is -1.13. The van der Waals surface area contributed by atoms with Gasteiger partial charge in [-0.3, -0.25) is 9.59 Å². The zero-order chi connectivity index (χ0) is 27.9. The normalized spacial score (nSPS) is 13.4. The minimum absolute atomic E-state index is 0.400. The molecule has 1 aliphatic carbocycles. The fraction of sp³-hybridized carbons (Fsp3) is 0.483. The van der Waals surface area contributed by atoms with Crippen LogP contribution < -0.4 is 9.47 Å². The summed E-state index contributed by atoms with van der Waals surface area (Å²) in [6, 6.07) is 7.84. The third-order valence-electron chi connectivity index (χ3n) is 7.08. The molecule has 208 valence electrons. The summed E-state index contributed by atoms with van der Waals surface area (Å²) < 4.78 is 17.2. The summed E-state index contributed by atoms with van der Waals surface area (Å²) in [7, 11) is 3.21. The largest absolute Gasteiger partial charge is 0.493 e. The van der Waals surface area contributed by atoms with Crippen molar-refractivity contribution in [2.24, 2.45) is 0 Å². The van der Waals surface area contributed by atoms with Crippen LogP contribution in [0.4, 0.5) is 0 Å². The SMILES string of the molecule is CCc1cc(-c2noc(-c3cc(OC)nc(C4CCCC4)c3)n2)cc(C)c1OCCCN(C)C(=O)CC(=O)O. The second-order valence-electron chi connectivity index (χ2n) is 9.95. The predicted molar refractivity (Wildman–Crippen MR) is 145 cm³/mol. The number of carbonyl (C=O) groups is 2. The van der Waals surface area contributed by atoms with Gasteiger partial charge in [-0.15, -0.1) is 0 Å². The van der Waals surface area contributed by atoms with Crippen LogP contribution in [-0.2, 0) is 16.0 Å². The first-order valence-corrected chi connectivity index (χ1v) is 13.4. The Morgan fingerprint density at radius 1 is 1.13 bits per heavy atom. The summed E-state index contributed by atoms with van der Waals surface area (Å²) in [4.78, 5) is 33.3. The number of methoxy groups -OCH3 is 1. The molecule has 0 saturated heterocycles. The van der Waals surface area contributed by atoms with E-state index >= 15 is 0 Å². The third-order valence-corrected chi connectivity index (χ3v) is 7.08. The number of aryl methyl sites for hydroxylation is 2. The number of ether oxygens (including phenoxy) is 2. The quantitative estimate of drug-likeness (QED) is 0.250. The highest BCUT2D eigenvalue weighted by atomic mass is 16.5. The highest BCUT2D eigenvalue weighted by Gasteiger charge is 2.22. The smallest absolute Gasteiger partial charge is 0.312 e. The number of aromatic nitrogens is 3. The molecule has 1 aliphatic rings. The number of pyridine rings is 1. The van der Waals surface area contributed by atoms with Gasteiger partial charge in [0.15, 0.2) is 0 Å². The van der Waals surface area contributed by atoms with Gasteiger partial charge < -0.3 is 24.0 Å². The number of rotatable bonds is 12. The Hall–Kier alpha value is -3.95. The summed E-state index contributed by atoms with van der Waals surface area (Å²) in [6.45, 7) is 4.85. The van der Waals surface area contributed by atoms with Gasteiger partial charge in [-0.2, -0.15) is 4.98 Å². The van der Waals surface area contributed by atoms with Crippen molar-refractivity contribution < 1.29 is 28.7 Å². The van der Waals surface area contributed by atoms with Gasteiger partial charge in [0.2, 0.25) is 17.6 Å². The van der Waals surface area contributed by atoms with Crippen LogP contribution in [0.15, 0.2) is 28.8 Å².